The van der Waals surface area contributed by atoms with E-state index < -0.39 is 0 Å². The summed E-state index contributed by atoms with van der Waals surface area (Å²) in [7, 11) is 0. The Kier molecular flexibility index (Phi) is 5.54. The van der Waals surface area contributed by atoms with Gasteiger partial charge in [0.15, 0.2) is 0 Å². The van der Waals surface area contributed by atoms with Gasteiger partial charge >= 0.3 is 0 Å². The number of rotatable bonds is 4. The number of hydrogen-bond acceptors (Lipinski definition) is 2. The molecule has 0 saturated carbocycles. The van der Waals surface area contributed by atoms with Crippen molar-refractivity contribution in [1.82, 2.24) is 4.98 Å². The first-order valence-electron chi connectivity index (χ1n) is 11.0. The fraction of sp³-hybridized carbons (Fsp3) is 0.0323. The first kappa shape index (κ1) is 20.4. The van der Waals surface area contributed by atoms with E-state index in [2.05, 4.69) is 89.9 Å². The molecule has 0 radical (unpaired) electrons. The second kappa shape index (κ2) is 8.94. The van der Waals surface area contributed by atoms with Gasteiger partial charge in [-0.15, -0.1) is 0 Å². The van der Waals surface area contributed by atoms with Gasteiger partial charge in [-0.2, -0.15) is 5.26 Å². The van der Waals surface area contributed by atoms with Crippen LogP contribution in [0.15, 0.2) is 109 Å². The molecule has 2 nitrogen and oxygen atoms in total. The van der Waals surface area contributed by atoms with Crippen LogP contribution in [0.25, 0.3) is 49.9 Å². The van der Waals surface area contributed by atoms with Crippen LogP contribution in [0.1, 0.15) is 18.2 Å². The molecule has 0 unspecified atom stereocenters. The van der Waals surface area contributed by atoms with E-state index in [0.29, 0.717) is 5.69 Å². The van der Waals surface area contributed by atoms with Gasteiger partial charge in [0.1, 0.15) is 11.8 Å². The molecule has 0 spiro atoms. The van der Waals surface area contributed by atoms with E-state index in [4.69, 9.17) is 0 Å². The normalized spacial score (nSPS) is 11.5. The first-order valence-corrected chi connectivity index (χ1v) is 11.0. The Morgan fingerprint density at radius 1 is 0.727 bits per heavy atom. The molecule has 0 atom stereocenters. The van der Waals surface area contributed by atoms with Crippen LogP contribution in [-0.4, -0.2) is 4.98 Å². The summed E-state index contributed by atoms with van der Waals surface area (Å²) in [5.74, 6) is 0. The van der Waals surface area contributed by atoms with Crippen molar-refractivity contribution in [2.24, 2.45) is 0 Å². The molecule has 0 aliphatic heterocycles. The summed E-state index contributed by atoms with van der Waals surface area (Å²) in [6, 6.07) is 31.8. The van der Waals surface area contributed by atoms with Gasteiger partial charge in [-0.3, -0.25) is 0 Å². The van der Waals surface area contributed by atoms with Crippen LogP contribution in [0.3, 0.4) is 0 Å². The van der Waals surface area contributed by atoms with Gasteiger partial charge in [-0.05, 0) is 86.6 Å². The van der Waals surface area contributed by atoms with Crippen molar-refractivity contribution < 1.29 is 0 Å². The SMILES string of the molecule is C/C=C\C=C/c1cc2cc(-c3ccnc(C#N)c3)c3ccccc3c2cc1-c1ccccc1. The highest BCUT2D eigenvalue weighted by Crippen LogP contribution is 2.38. The van der Waals surface area contributed by atoms with Crippen LogP contribution in [0, 0.1) is 11.3 Å². The third kappa shape index (κ3) is 3.93. The topological polar surface area (TPSA) is 36.7 Å². The van der Waals surface area contributed by atoms with E-state index in [1.807, 2.05) is 37.3 Å². The van der Waals surface area contributed by atoms with Crippen LogP contribution in [0.2, 0.25) is 0 Å². The van der Waals surface area contributed by atoms with Gasteiger partial charge in [0.25, 0.3) is 0 Å². The molecular formula is C31H22N2. The van der Waals surface area contributed by atoms with Crippen molar-refractivity contribution in [3.05, 3.63) is 121 Å². The second-order valence-electron chi connectivity index (χ2n) is 7.92. The fourth-order valence-electron chi connectivity index (χ4n) is 4.35. The van der Waals surface area contributed by atoms with Gasteiger partial charge in [0, 0.05) is 6.20 Å². The zero-order valence-electron chi connectivity index (χ0n) is 18.4. The number of fused-ring (bicyclic) bond motifs is 3. The van der Waals surface area contributed by atoms with Gasteiger partial charge in [-0.1, -0.05) is 78.9 Å². The highest BCUT2D eigenvalue weighted by atomic mass is 14.7. The minimum Gasteiger partial charge on any atom is -0.246 e. The third-order valence-electron chi connectivity index (χ3n) is 5.88. The lowest BCUT2D eigenvalue weighted by atomic mass is 9.89. The van der Waals surface area contributed by atoms with Crippen molar-refractivity contribution >= 4 is 27.6 Å². The first-order chi connectivity index (χ1) is 16.3. The molecule has 0 bridgehead atoms. The minimum absolute atomic E-state index is 0.422. The van der Waals surface area contributed by atoms with E-state index in [0.717, 1.165) is 16.5 Å². The molecule has 5 aromatic rings. The average Bonchev–Trinajstić information content (AvgIpc) is 2.88. The fourth-order valence-corrected chi connectivity index (χ4v) is 4.35. The molecule has 0 aliphatic carbocycles. The summed E-state index contributed by atoms with van der Waals surface area (Å²) in [5, 5.41) is 14.1. The van der Waals surface area contributed by atoms with Gasteiger partial charge in [0.05, 0.1) is 0 Å². The Morgan fingerprint density at radius 2 is 1.52 bits per heavy atom. The lowest BCUT2D eigenvalue weighted by molar-refractivity contribution is 1.27. The standard InChI is InChI=1S/C31H22N2/c1-2-3-5-12-23-17-25-19-30(24-15-16-33-26(18-24)21-32)27-13-8-9-14-28(27)31(25)20-29(23)22-10-6-4-7-11-22/h2-20H,1H3/b3-2-,12-5-. The van der Waals surface area contributed by atoms with Crippen molar-refractivity contribution in [1.29, 1.82) is 5.26 Å². The largest absolute Gasteiger partial charge is 0.246 e. The highest BCUT2D eigenvalue weighted by Gasteiger charge is 2.12. The maximum Gasteiger partial charge on any atom is 0.141 e. The van der Waals surface area contributed by atoms with Crippen molar-refractivity contribution in [3.8, 4) is 28.3 Å². The second-order valence-corrected chi connectivity index (χ2v) is 7.92. The molecule has 156 valence electrons. The summed E-state index contributed by atoms with van der Waals surface area (Å²) in [4.78, 5) is 4.15. The Hall–Kier alpha value is -4.48. The molecule has 4 aromatic carbocycles. The summed E-state index contributed by atoms with van der Waals surface area (Å²) < 4.78 is 0. The molecule has 33 heavy (non-hydrogen) atoms. The molecule has 0 aliphatic rings. The van der Waals surface area contributed by atoms with Crippen molar-refractivity contribution in [3.63, 3.8) is 0 Å². The van der Waals surface area contributed by atoms with Crippen LogP contribution in [0.5, 0.6) is 0 Å². The predicted octanol–water partition coefficient (Wildman–Crippen LogP) is 8.18. The zero-order chi connectivity index (χ0) is 22.6. The Labute approximate surface area is 193 Å². The molecule has 0 amide bonds. The van der Waals surface area contributed by atoms with E-state index in [1.54, 1.807) is 6.20 Å². The quantitative estimate of drug-likeness (QED) is 0.216. The lowest BCUT2D eigenvalue weighted by Crippen LogP contribution is -1.90. The number of aromatic nitrogens is 1. The Balaban J connectivity index is 1.85. The smallest absolute Gasteiger partial charge is 0.141 e. The molecule has 2 heteroatoms. The van der Waals surface area contributed by atoms with E-state index in [1.165, 1.54) is 32.8 Å². The number of pyridine rings is 1. The van der Waals surface area contributed by atoms with Crippen LogP contribution >= 0.6 is 0 Å². The van der Waals surface area contributed by atoms with Gasteiger partial charge in [0.2, 0.25) is 0 Å². The highest BCUT2D eigenvalue weighted by molar-refractivity contribution is 6.15. The number of nitrogens with zero attached hydrogens (tertiary/aromatic N) is 2. The molecule has 1 heterocycles. The molecular weight excluding hydrogens is 400 g/mol. The monoisotopic (exact) mass is 422 g/mol. The van der Waals surface area contributed by atoms with Gasteiger partial charge < -0.3 is 0 Å². The van der Waals surface area contributed by atoms with Crippen LogP contribution in [-0.2, 0) is 0 Å². The average molecular weight is 423 g/mol. The van der Waals surface area contributed by atoms with Crippen LogP contribution in [0.4, 0.5) is 0 Å². The summed E-state index contributed by atoms with van der Waals surface area (Å²) in [6.45, 7) is 2.02. The van der Waals surface area contributed by atoms with Crippen LogP contribution < -0.4 is 0 Å². The minimum atomic E-state index is 0.422. The maximum absolute atomic E-state index is 9.35. The van der Waals surface area contributed by atoms with E-state index >= 15 is 0 Å². The summed E-state index contributed by atoms with van der Waals surface area (Å²) in [6.07, 6.45) is 10.0. The zero-order valence-corrected chi connectivity index (χ0v) is 18.4. The summed E-state index contributed by atoms with van der Waals surface area (Å²) >= 11 is 0. The predicted molar refractivity (Wildman–Crippen MR) is 139 cm³/mol. The third-order valence-corrected chi connectivity index (χ3v) is 5.88. The molecule has 0 N–H and O–H groups in total. The summed E-state index contributed by atoms with van der Waals surface area (Å²) in [5.41, 5.74) is 6.09. The van der Waals surface area contributed by atoms with E-state index in [9.17, 15) is 5.26 Å². The lowest BCUT2D eigenvalue weighted by Gasteiger charge is -2.15. The van der Waals surface area contributed by atoms with Crippen molar-refractivity contribution in [2.75, 3.05) is 0 Å². The Bertz CT molecular complexity index is 1570. The number of allylic oxidation sites excluding steroid dienone is 3. The number of benzene rings is 4. The molecule has 5 rings (SSSR count). The maximum atomic E-state index is 9.35. The van der Waals surface area contributed by atoms with E-state index in [-0.39, 0.29) is 0 Å². The molecule has 1 aromatic heterocycles. The van der Waals surface area contributed by atoms with Gasteiger partial charge in [-0.25, -0.2) is 4.98 Å². The molecule has 0 saturated heterocycles. The number of nitriles is 1. The molecule has 0 fully saturated rings. The Morgan fingerprint density at radius 3 is 2.30 bits per heavy atom. The van der Waals surface area contributed by atoms with Crippen molar-refractivity contribution in [2.45, 2.75) is 6.92 Å². The number of hydrogen-bond donors (Lipinski definition) is 0.